The molecule has 2 N–H and O–H groups in total. The highest BCUT2D eigenvalue weighted by Crippen LogP contribution is 2.37. The van der Waals surface area contributed by atoms with Gasteiger partial charge in [-0.1, -0.05) is 5.57 Å². The van der Waals surface area contributed by atoms with Crippen LogP contribution in [0.15, 0.2) is 24.3 Å². The number of nitrogens with zero attached hydrogens (tertiary/aromatic N) is 2. The minimum absolute atomic E-state index is 0. The standard InChI is InChI=1S/C15H20FN3O3.2ClH/c1-10(2)7-14(18-5-3-17-4-6-18)12-8-11(19(21)22)9-13(16)15(12)20;;/h8-9,14,17,20H,1,3-7H2,2H3;2*1H/t14-;;/m1../s1. The lowest BCUT2D eigenvalue weighted by Gasteiger charge is -2.35. The van der Waals surface area contributed by atoms with E-state index in [-0.39, 0.29) is 42.1 Å². The van der Waals surface area contributed by atoms with Crippen LogP contribution in [-0.2, 0) is 0 Å². The molecule has 9 heteroatoms. The van der Waals surface area contributed by atoms with Gasteiger partial charge in [-0.2, -0.15) is 0 Å². The van der Waals surface area contributed by atoms with Crippen molar-refractivity contribution in [3.8, 4) is 5.75 Å². The summed E-state index contributed by atoms with van der Waals surface area (Å²) in [5.74, 6) is -1.48. The Morgan fingerprint density at radius 1 is 1.46 bits per heavy atom. The Balaban J connectivity index is 0.00000264. The summed E-state index contributed by atoms with van der Waals surface area (Å²) in [7, 11) is 0. The summed E-state index contributed by atoms with van der Waals surface area (Å²) < 4.78 is 13.9. The number of phenols is 1. The van der Waals surface area contributed by atoms with E-state index in [0.29, 0.717) is 6.42 Å². The van der Waals surface area contributed by atoms with Crippen molar-refractivity contribution < 1.29 is 14.4 Å². The molecule has 1 saturated heterocycles. The zero-order chi connectivity index (χ0) is 16.3. The number of halogens is 3. The van der Waals surface area contributed by atoms with Gasteiger partial charge in [0, 0.05) is 43.9 Å². The molecule has 1 aromatic rings. The maximum absolute atomic E-state index is 13.9. The van der Waals surface area contributed by atoms with Crippen LogP contribution < -0.4 is 5.32 Å². The summed E-state index contributed by atoms with van der Waals surface area (Å²) in [5, 5.41) is 24.2. The molecule has 1 aromatic carbocycles. The summed E-state index contributed by atoms with van der Waals surface area (Å²) in [6.45, 7) is 8.73. The Bertz CT molecular complexity index is 596. The molecular formula is C15H22Cl2FN3O3. The Morgan fingerprint density at radius 3 is 2.54 bits per heavy atom. The first-order chi connectivity index (χ1) is 10.4. The summed E-state index contributed by atoms with van der Waals surface area (Å²) in [6.07, 6.45) is 0.508. The predicted octanol–water partition coefficient (Wildman–Crippen LogP) is 3.20. The highest BCUT2D eigenvalue weighted by Gasteiger charge is 2.28. The van der Waals surface area contributed by atoms with Gasteiger partial charge in [0.05, 0.1) is 11.0 Å². The number of benzene rings is 1. The first-order valence-corrected chi connectivity index (χ1v) is 7.16. The Kier molecular flexibility index (Phi) is 9.21. The number of nitrogens with one attached hydrogen (secondary N) is 1. The Hall–Kier alpha value is -1.41. The smallest absolute Gasteiger partial charge is 0.272 e. The van der Waals surface area contributed by atoms with Crippen LogP contribution >= 0.6 is 24.8 Å². The van der Waals surface area contributed by atoms with E-state index in [2.05, 4.69) is 16.8 Å². The molecule has 1 fully saturated rings. The van der Waals surface area contributed by atoms with E-state index in [4.69, 9.17) is 0 Å². The van der Waals surface area contributed by atoms with Crippen LogP contribution in [0.1, 0.15) is 24.9 Å². The monoisotopic (exact) mass is 381 g/mol. The lowest BCUT2D eigenvalue weighted by Crippen LogP contribution is -2.45. The molecule has 6 nitrogen and oxygen atoms in total. The zero-order valence-corrected chi connectivity index (χ0v) is 15.0. The highest BCUT2D eigenvalue weighted by molar-refractivity contribution is 5.85. The number of aromatic hydroxyl groups is 1. The number of piperazine rings is 1. The number of nitro groups is 1. The second-order valence-corrected chi connectivity index (χ2v) is 5.59. The number of rotatable bonds is 5. The number of phenolic OH excluding ortho intramolecular Hbond substituents is 1. The van der Waals surface area contributed by atoms with E-state index in [1.165, 1.54) is 6.07 Å². The van der Waals surface area contributed by atoms with Gasteiger partial charge in [0.15, 0.2) is 11.6 Å². The van der Waals surface area contributed by atoms with E-state index >= 15 is 0 Å². The molecule has 0 saturated carbocycles. The van der Waals surface area contributed by atoms with Crippen LogP contribution in [0.2, 0.25) is 0 Å². The second kappa shape index (κ2) is 9.78. The molecular weight excluding hydrogens is 360 g/mol. The molecule has 0 amide bonds. The molecule has 1 atom stereocenters. The van der Waals surface area contributed by atoms with E-state index in [0.717, 1.165) is 37.8 Å². The number of non-ortho nitro benzene ring substituents is 1. The van der Waals surface area contributed by atoms with Gasteiger partial charge in [-0.05, 0) is 13.3 Å². The largest absolute Gasteiger partial charge is 0.505 e. The molecule has 136 valence electrons. The van der Waals surface area contributed by atoms with Gasteiger partial charge >= 0.3 is 0 Å². The summed E-state index contributed by atoms with van der Waals surface area (Å²) in [5.41, 5.74) is 0.763. The SMILES string of the molecule is C=C(C)C[C@H](c1cc([N+](=O)[O-])cc(F)c1O)N1CCNCC1.Cl.Cl. The van der Waals surface area contributed by atoms with Crippen LogP contribution in [0.25, 0.3) is 0 Å². The lowest BCUT2D eigenvalue weighted by molar-refractivity contribution is -0.385. The van der Waals surface area contributed by atoms with E-state index < -0.39 is 16.5 Å². The minimum Gasteiger partial charge on any atom is -0.505 e. The summed E-state index contributed by atoms with van der Waals surface area (Å²) >= 11 is 0. The predicted molar refractivity (Wildman–Crippen MR) is 95.8 cm³/mol. The number of nitro benzene ring substituents is 1. The van der Waals surface area contributed by atoms with Gasteiger partial charge in [0.2, 0.25) is 0 Å². The van der Waals surface area contributed by atoms with Gasteiger partial charge in [0.1, 0.15) is 0 Å². The van der Waals surface area contributed by atoms with Crippen molar-refractivity contribution in [3.63, 3.8) is 0 Å². The molecule has 24 heavy (non-hydrogen) atoms. The third-order valence-electron chi connectivity index (χ3n) is 3.78. The lowest BCUT2D eigenvalue weighted by atomic mass is 9.96. The van der Waals surface area contributed by atoms with Gasteiger partial charge in [-0.3, -0.25) is 15.0 Å². The van der Waals surface area contributed by atoms with E-state index in [1.54, 1.807) is 0 Å². The normalized spacial score (nSPS) is 15.8. The Labute approximate surface area is 152 Å². The summed E-state index contributed by atoms with van der Waals surface area (Å²) in [6, 6.07) is 1.68. The summed E-state index contributed by atoms with van der Waals surface area (Å²) in [4.78, 5) is 12.4. The average molecular weight is 382 g/mol. The van der Waals surface area contributed by atoms with Crippen molar-refractivity contribution in [1.29, 1.82) is 0 Å². The second-order valence-electron chi connectivity index (χ2n) is 5.59. The van der Waals surface area contributed by atoms with Gasteiger partial charge in [-0.25, -0.2) is 4.39 Å². The fourth-order valence-electron chi connectivity index (χ4n) is 2.72. The van der Waals surface area contributed by atoms with Crippen LogP contribution in [-0.4, -0.2) is 41.1 Å². The van der Waals surface area contributed by atoms with Gasteiger partial charge in [0.25, 0.3) is 5.69 Å². The van der Waals surface area contributed by atoms with Crippen LogP contribution in [0.4, 0.5) is 10.1 Å². The van der Waals surface area contributed by atoms with Crippen LogP contribution in [0.5, 0.6) is 5.75 Å². The molecule has 1 aliphatic rings. The van der Waals surface area contributed by atoms with Crippen molar-refractivity contribution in [3.05, 3.63) is 45.8 Å². The fraction of sp³-hybridized carbons (Fsp3) is 0.467. The van der Waals surface area contributed by atoms with Crippen LogP contribution in [0, 0.1) is 15.9 Å². The van der Waals surface area contributed by atoms with Gasteiger partial charge < -0.3 is 10.4 Å². The third-order valence-corrected chi connectivity index (χ3v) is 3.78. The van der Waals surface area contributed by atoms with Crippen molar-refractivity contribution in [2.24, 2.45) is 0 Å². The highest BCUT2D eigenvalue weighted by atomic mass is 35.5. The van der Waals surface area contributed by atoms with Crippen molar-refractivity contribution >= 4 is 30.5 Å². The molecule has 2 rings (SSSR count). The fourth-order valence-corrected chi connectivity index (χ4v) is 2.72. The number of hydrogen-bond donors (Lipinski definition) is 2. The maximum Gasteiger partial charge on any atom is 0.272 e. The topological polar surface area (TPSA) is 78.6 Å². The number of hydrogen-bond acceptors (Lipinski definition) is 5. The van der Waals surface area contributed by atoms with E-state index in [9.17, 15) is 19.6 Å². The Morgan fingerprint density at radius 2 is 2.04 bits per heavy atom. The van der Waals surface area contributed by atoms with Crippen molar-refractivity contribution in [2.45, 2.75) is 19.4 Å². The molecule has 0 aliphatic carbocycles. The molecule has 0 radical (unpaired) electrons. The molecule has 0 bridgehead atoms. The van der Waals surface area contributed by atoms with E-state index in [1.807, 2.05) is 6.92 Å². The van der Waals surface area contributed by atoms with Gasteiger partial charge in [-0.15, -0.1) is 31.4 Å². The molecule has 1 aliphatic heterocycles. The first-order valence-electron chi connectivity index (χ1n) is 7.16. The van der Waals surface area contributed by atoms with Crippen molar-refractivity contribution in [1.82, 2.24) is 10.2 Å². The third kappa shape index (κ3) is 5.31. The molecule has 1 heterocycles. The molecule has 0 unspecified atom stereocenters. The van der Waals surface area contributed by atoms with Crippen LogP contribution in [0.3, 0.4) is 0 Å². The first kappa shape index (κ1) is 22.6. The molecule has 0 spiro atoms. The molecule has 0 aromatic heterocycles. The van der Waals surface area contributed by atoms with Crippen molar-refractivity contribution in [2.75, 3.05) is 26.2 Å². The zero-order valence-electron chi connectivity index (χ0n) is 13.3. The minimum atomic E-state index is -0.967. The quantitative estimate of drug-likeness (QED) is 0.465. The maximum atomic E-state index is 13.9. The average Bonchev–Trinajstić information content (AvgIpc) is 2.48.